The minimum atomic E-state index is 1.06. The van der Waals surface area contributed by atoms with Gasteiger partial charge in [-0.3, -0.25) is 0 Å². The second-order valence-corrected chi connectivity index (χ2v) is 29.6. The Labute approximate surface area is 660 Å². The molecule has 0 radical (unpaired) electrons. The van der Waals surface area contributed by atoms with Gasteiger partial charge in [-0.05, 0) is 225 Å². The van der Waals surface area contributed by atoms with Gasteiger partial charge < -0.3 is 28.1 Å². The normalized spacial score (nSPS) is 11.7. The van der Waals surface area contributed by atoms with Crippen molar-refractivity contribution >= 4 is 121 Å². The minimum absolute atomic E-state index is 1.06. The fraction of sp³-hybridized carbons (Fsp3) is 0. The number of anilines is 6. The number of benzene rings is 18. The van der Waals surface area contributed by atoms with Crippen LogP contribution in [-0.4, -0.2) is 18.3 Å². The molecule has 0 fully saturated rings. The molecule has 22 rings (SSSR count). The number of hydrogen-bond acceptors (Lipinski definition) is 2. The molecule has 0 bridgehead atoms. The number of nitrogens with zero attached hydrogens (tertiary/aromatic N) is 6. The smallest absolute Gasteiger partial charge is 0.0641 e. The molecule has 0 atom stereocenters. The molecule has 0 aliphatic carbocycles. The van der Waals surface area contributed by atoms with Gasteiger partial charge in [0.05, 0.1) is 44.1 Å². The number of para-hydroxylation sites is 6. The first-order valence-electron chi connectivity index (χ1n) is 39.1. The van der Waals surface area contributed by atoms with Gasteiger partial charge in [0.2, 0.25) is 0 Å². The van der Waals surface area contributed by atoms with Crippen molar-refractivity contribution < 1.29 is 0 Å². The average molecular weight is 1450 g/mol. The molecule has 0 aliphatic rings. The van der Waals surface area contributed by atoms with E-state index in [0.717, 1.165) is 107 Å². The van der Waals surface area contributed by atoms with E-state index in [-0.39, 0.29) is 0 Å². The monoisotopic (exact) mass is 1450 g/mol. The first-order chi connectivity index (χ1) is 56.6. The fourth-order valence-electron chi connectivity index (χ4n) is 17.9. The lowest BCUT2D eigenvalue weighted by atomic mass is 10.00. The van der Waals surface area contributed by atoms with E-state index in [4.69, 9.17) is 0 Å². The molecular weight excluding hydrogens is 1380 g/mol. The Hall–Kier alpha value is -15.2. The Morgan fingerprint density at radius 2 is 0.412 bits per heavy atom. The summed E-state index contributed by atoms with van der Waals surface area (Å²) in [6.45, 7) is 0. The van der Waals surface area contributed by atoms with E-state index in [2.05, 4.69) is 465 Å². The molecule has 534 valence electrons. The maximum Gasteiger partial charge on any atom is 0.0641 e. The summed E-state index contributed by atoms with van der Waals surface area (Å²) >= 11 is 0. The minimum Gasteiger partial charge on any atom is -0.311 e. The van der Waals surface area contributed by atoms with Gasteiger partial charge in [-0.25, -0.2) is 0 Å². The largest absolute Gasteiger partial charge is 0.311 e. The van der Waals surface area contributed by atoms with Crippen LogP contribution in [0.25, 0.3) is 166 Å². The summed E-state index contributed by atoms with van der Waals surface area (Å²) in [5, 5.41) is 9.67. The highest BCUT2D eigenvalue weighted by Gasteiger charge is 2.26. The van der Waals surface area contributed by atoms with E-state index < -0.39 is 0 Å². The van der Waals surface area contributed by atoms with Crippen molar-refractivity contribution in [2.24, 2.45) is 0 Å². The zero-order valence-electron chi connectivity index (χ0n) is 62.3. The molecule has 22 aromatic rings. The van der Waals surface area contributed by atoms with Crippen LogP contribution in [0.4, 0.5) is 34.1 Å². The van der Waals surface area contributed by atoms with Crippen LogP contribution in [0.5, 0.6) is 0 Å². The Balaban J connectivity index is 0.631. The SMILES string of the molecule is c1ccc(-c2ccc(N(c3ccc(-c4ccccc4)cc3)c3ccc(-c4ccc5c(c4)c4ccc6c(c7ccc(-c8cccc(N(c9ccccc9)c9ccc(-c%10ccc%11c(c%10)c%10ccc%12c(c%13ccccc%13n%12-c%12ccccc%12)c%10n%11-c%10ccccc%10)cc9)c8)cc7n6-c6ccccc6)c4n5-c4ccccc4)cc3)cc2)cc1. The maximum absolute atomic E-state index is 2.49. The van der Waals surface area contributed by atoms with Gasteiger partial charge in [0.25, 0.3) is 0 Å². The van der Waals surface area contributed by atoms with Crippen LogP contribution >= 0.6 is 0 Å². The van der Waals surface area contributed by atoms with Crippen LogP contribution in [0.3, 0.4) is 0 Å². The van der Waals surface area contributed by atoms with Crippen LogP contribution in [0.15, 0.2) is 437 Å². The highest BCUT2D eigenvalue weighted by atomic mass is 15.1. The third-order valence-electron chi connectivity index (χ3n) is 23.1. The van der Waals surface area contributed by atoms with Gasteiger partial charge >= 0.3 is 0 Å². The molecular formula is C108H72N6. The van der Waals surface area contributed by atoms with Crippen LogP contribution < -0.4 is 9.80 Å². The highest BCUT2D eigenvalue weighted by molar-refractivity contribution is 6.28. The van der Waals surface area contributed by atoms with Crippen molar-refractivity contribution in [3.05, 3.63) is 437 Å². The zero-order valence-corrected chi connectivity index (χ0v) is 62.3. The van der Waals surface area contributed by atoms with Crippen LogP contribution in [0.1, 0.15) is 0 Å². The molecule has 6 heteroatoms. The highest BCUT2D eigenvalue weighted by Crippen LogP contribution is 2.48. The van der Waals surface area contributed by atoms with Crippen molar-refractivity contribution in [3.63, 3.8) is 0 Å². The molecule has 0 amide bonds. The lowest BCUT2D eigenvalue weighted by molar-refractivity contribution is 1.17. The quantitative estimate of drug-likeness (QED) is 0.102. The third-order valence-corrected chi connectivity index (χ3v) is 23.1. The van der Waals surface area contributed by atoms with Gasteiger partial charge in [-0.2, -0.15) is 0 Å². The topological polar surface area (TPSA) is 26.2 Å². The van der Waals surface area contributed by atoms with Crippen molar-refractivity contribution in [1.29, 1.82) is 0 Å². The van der Waals surface area contributed by atoms with Crippen molar-refractivity contribution in [1.82, 2.24) is 18.3 Å². The molecule has 0 aliphatic heterocycles. The molecule has 0 saturated carbocycles. The summed E-state index contributed by atoms with van der Waals surface area (Å²) in [5.41, 5.74) is 31.9. The van der Waals surface area contributed by atoms with Gasteiger partial charge in [0.15, 0.2) is 0 Å². The van der Waals surface area contributed by atoms with Crippen LogP contribution in [0, 0.1) is 0 Å². The molecule has 114 heavy (non-hydrogen) atoms. The molecule has 18 aromatic carbocycles. The number of fused-ring (bicyclic) bond motifs is 14. The Morgan fingerprint density at radius 3 is 0.860 bits per heavy atom. The summed E-state index contributed by atoms with van der Waals surface area (Å²) in [7, 11) is 0. The third kappa shape index (κ3) is 11.1. The van der Waals surface area contributed by atoms with E-state index in [0.29, 0.717) is 0 Å². The summed E-state index contributed by atoms with van der Waals surface area (Å²) in [6.07, 6.45) is 0. The number of aromatic nitrogens is 4. The van der Waals surface area contributed by atoms with Gasteiger partial charge in [-0.15, -0.1) is 0 Å². The summed E-state index contributed by atoms with van der Waals surface area (Å²) in [4.78, 5) is 4.74. The van der Waals surface area contributed by atoms with Crippen LogP contribution in [-0.2, 0) is 0 Å². The molecule has 0 saturated heterocycles. The number of rotatable bonds is 15. The van der Waals surface area contributed by atoms with Gasteiger partial charge in [0.1, 0.15) is 0 Å². The second kappa shape index (κ2) is 27.4. The lowest BCUT2D eigenvalue weighted by Gasteiger charge is -2.26. The molecule has 0 unspecified atom stereocenters. The van der Waals surface area contributed by atoms with Gasteiger partial charge in [-0.1, -0.05) is 267 Å². The zero-order chi connectivity index (χ0) is 75.2. The van der Waals surface area contributed by atoms with Crippen molar-refractivity contribution in [3.8, 4) is 78.4 Å². The predicted octanol–water partition coefficient (Wildman–Crippen LogP) is 29.3. The Kier molecular flexibility index (Phi) is 15.8. The van der Waals surface area contributed by atoms with Crippen LogP contribution in [0.2, 0.25) is 0 Å². The first-order valence-corrected chi connectivity index (χ1v) is 39.1. The van der Waals surface area contributed by atoms with Crippen molar-refractivity contribution in [2.75, 3.05) is 9.80 Å². The molecule has 0 N–H and O–H groups in total. The summed E-state index contributed by atoms with van der Waals surface area (Å²) in [6, 6.07) is 160. The maximum atomic E-state index is 2.49. The molecule has 4 aromatic heterocycles. The van der Waals surface area contributed by atoms with E-state index in [1.54, 1.807) is 0 Å². The standard InChI is InChI=1S/C108H72N6/c1-8-25-73(26-9-1)75-43-54-88(55-44-75)109(89-56-45-76(46-57-89)74-27-10-2-11-28-74)90-58-47-77(48-59-90)80-53-66-101-98(71-80)94-64-68-103-106(108(94)114(101)87-38-20-7-21-39-87)96-62-51-82(72-104(96)112(103)85-34-16-5-17-35-85)79-29-24-40-92(69-79)110(83-30-12-3-13-31-83)91-60-49-78(50-61-91)81-52-65-100-97(70-81)93-63-67-102-105(107(93)113(100)86-36-18-6-19-37-86)95-41-22-23-42-99(95)111(102)84-32-14-4-15-33-84/h1-72H. The van der Waals surface area contributed by atoms with Crippen molar-refractivity contribution in [2.45, 2.75) is 0 Å². The lowest BCUT2D eigenvalue weighted by Crippen LogP contribution is -2.09. The first kappa shape index (κ1) is 65.8. The molecule has 6 nitrogen and oxygen atoms in total. The molecule has 4 heterocycles. The van der Waals surface area contributed by atoms with E-state index in [1.807, 2.05) is 0 Å². The van der Waals surface area contributed by atoms with E-state index >= 15 is 0 Å². The summed E-state index contributed by atoms with van der Waals surface area (Å²) < 4.78 is 9.85. The Bertz CT molecular complexity index is 7300. The van der Waals surface area contributed by atoms with E-state index in [1.165, 1.54) is 92.9 Å². The summed E-state index contributed by atoms with van der Waals surface area (Å²) in [5.74, 6) is 0. The predicted molar refractivity (Wildman–Crippen MR) is 480 cm³/mol. The second-order valence-electron chi connectivity index (χ2n) is 29.6. The number of hydrogen-bond donors (Lipinski definition) is 0. The fourth-order valence-corrected chi connectivity index (χ4v) is 17.9. The van der Waals surface area contributed by atoms with E-state index in [9.17, 15) is 0 Å². The average Bonchev–Trinajstić information content (AvgIpc) is 1.55. The molecule has 0 spiro atoms. The Morgan fingerprint density at radius 1 is 0.140 bits per heavy atom. The van der Waals surface area contributed by atoms with Gasteiger partial charge in [0, 0.05) is 100.0 Å².